The molecule has 2 atom stereocenters. The van der Waals surface area contributed by atoms with Gasteiger partial charge in [0.2, 0.25) is 0 Å². The molecular formula is C50H49F6NO. The first kappa shape index (κ1) is 42.1. The fourth-order valence-electron chi connectivity index (χ4n) is 8.13. The zero-order valence-corrected chi connectivity index (χ0v) is 33.5. The first-order valence-corrected chi connectivity index (χ1v) is 19.5. The predicted octanol–water partition coefficient (Wildman–Crippen LogP) is 13.6. The molecule has 0 amide bonds. The van der Waals surface area contributed by atoms with E-state index < -0.39 is 34.3 Å². The summed E-state index contributed by atoms with van der Waals surface area (Å²) < 4.78 is 91.0. The van der Waals surface area contributed by atoms with Crippen LogP contribution in [-0.4, -0.2) is 12.6 Å². The molecule has 0 N–H and O–H groups in total. The van der Waals surface area contributed by atoms with Crippen LogP contribution in [0.15, 0.2) is 157 Å². The Morgan fingerprint density at radius 3 is 1.95 bits per heavy atom. The molecule has 0 saturated heterocycles. The molecule has 1 aliphatic heterocycles. The summed E-state index contributed by atoms with van der Waals surface area (Å²) in [5.41, 5.74) is 3.53. The predicted molar refractivity (Wildman–Crippen MR) is 222 cm³/mol. The zero-order chi connectivity index (χ0) is 41.9. The molecule has 6 rings (SSSR count). The van der Waals surface area contributed by atoms with Crippen molar-refractivity contribution in [3.8, 4) is 5.75 Å². The Kier molecular flexibility index (Phi) is 12.2. The van der Waals surface area contributed by atoms with Crippen molar-refractivity contribution in [2.24, 2.45) is 0 Å². The van der Waals surface area contributed by atoms with Crippen molar-refractivity contribution in [1.29, 1.82) is 0 Å². The van der Waals surface area contributed by atoms with E-state index in [0.29, 0.717) is 53.8 Å². The number of anilines is 1. The van der Waals surface area contributed by atoms with Crippen molar-refractivity contribution in [3.63, 3.8) is 0 Å². The monoisotopic (exact) mass is 793 g/mol. The number of fused-ring (bicyclic) bond motifs is 1. The summed E-state index contributed by atoms with van der Waals surface area (Å²) in [6.07, 6.45) is -2.03. The summed E-state index contributed by atoms with van der Waals surface area (Å²) in [6.45, 7) is 14.6. The minimum atomic E-state index is -4.54. The van der Waals surface area contributed by atoms with Crippen molar-refractivity contribution in [3.05, 3.63) is 202 Å². The van der Waals surface area contributed by atoms with E-state index in [-0.39, 0.29) is 6.10 Å². The van der Waals surface area contributed by atoms with Gasteiger partial charge in [0.25, 0.3) is 0 Å². The molecule has 2 unspecified atom stereocenters. The van der Waals surface area contributed by atoms with Crippen LogP contribution in [0.5, 0.6) is 5.75 Å². The molecule has 0 spiro atoms. The topological polar surface area (TPSA) is 12.5 Å². The van der Waals surface area contributed by atoms with Crippen molar-refractivity contribution in [2.45, 2.75) is 83.2 Å². The van der Waals surface area contributed by atoms with Gasteiger partial charge in [-0.2, -0.15) is 26.3 Å². The lowest BCUT2D eigenvalue weighted by Crippen LogP contribution is -2.32. The molecule has 0 saturated carbocycles. The van der Waals surface area contributed by atoms with Gasteiger partial charge in [-0.15, -0.1) is 0 Å². The molecule has 5 aromatic rings. The summed E-state index contributed by atoms with van der Waals surface area (Å²) in [7, 11) is 0. The molecule has 0 aromatic heterocycles. The number of halogens is 6. The Hall–Kier alpha value is -5.50. The summed E-state index contributed by atoms with van der Waals surface area (Å²) in [4.78, 5) is 2.10. The molecule has 302 valence electrons. The van der Waals surface area contributed by atoms with Crippen LogP contribution in [0.3, 0.4) is 0 Å². The van der Waals surface area contributed by atoms with Crippen LogP contribution >= 0.6 is 0 Å². The van der Waals surface area contributed by atoms with E-state index in [1.54, 1.807) is 13.0 Å². The first-order chi connectivity index (χ1) is 27.4. The molecule has 0 bridgehead atoms. The number of nitrogens with zero attached hydrogens (tertiary/aromatic N) is 1. The number of allylic oxidation sites excluding steroid dienone is 5. The lowest BCUT2D eigenvalue weighted by molar-refractivity contribution is -0.138. The number of aryl methyl sites for hydroxylation is 1. The number of ether oxygens (including phenoxy) is 1. The van der Waals surface area contributed by atoms with Crippen LogP contribution < -0.4 is 9.64 Å². The smallest absolute Gasteiger partial charge is 0.416 e. The molecule has 2 nitrogen and oxygen atoms in total. The zero-order valence-electron chi connectivity index (χ0n) is 33.5. The lowest BCUT2D eigenvalue weighted by Gasteiger charge is -2.34. The Balaban J connectivity index is 1.45. The highest BCUT2D eigenvalue weighted by Gasteiger charge is 2.45. The normalized spacial score (nSPS) is 17.5. The van der Waals surface area contributed by atoms with Crippen LogP contribution in [-0.2, 0) is 42.4 Å². The molecular weight excluding hydrogens is 745 g/mol. The maximum Gasteiger partial charge on any atom is 0.416 e. The molecule has 1 heterocycles. The van der Waals surface area contributed by atoms with Gasteiger partial charge in [0.05, 0.1) is 17.2 Å². The van der Waals surface area contributed by atoms with Crippen LogP contribution in [0.4, 0.5) is 32.0 Å². The van der Waals surface area contributed by atoms with Crippen LogP contribution in [0, 0.1) is 6.92 Å². The van der Waals surface area contributed by atoms with Crippen LogP contribution in [0.2, 0.25) is 0 Å². The van der Waals surface area contributed by atoms with E-state index >= 15 is 0 Å². The van der Waals surface area contributed by atoms with Gasteiger partial charge < -0.3 is 9.64 Å². The van der Waals surface area contributed by atoms with E-state index in [9.17, 15) is 26.3 Å². The molecule has 5 aromatic carbocycles. The maximum atomic E-state index is 14.3. The van der Waals surface area contributed by atoms with E-state index in [0.717, 1.165) is 40.3 Å². The minimum Gasteiger partial charge on any atom is -0.491 e. The van der Waals surface area contributed by atoms with E-state index in [1.807, 2.05) is 131 Å². The number of rotatable bonds is 13. The van der Waals surface area contributed by atoms with E-state index in [2.05, 4.69) is 11.5 Å². The third-order valence-corrected chi connectivity index (χ3v) is 11.2. The molecule has 58 heavy (non-hydrogen) atoms. The minimum absolute atomic E-state index is 0.0259. The Bertz CT molecular complexity index is 2270. The largest absolute Gasteiger partial charge is 0.491 e. The van der Waals surface area contributed by atoms with E-state index in [4.69, 9.17) is 4.74 Å². The van der Waals surface area contributed by atoms with Gasteiger partial charge in [-0.3, -0.25) is 0 Å². The summed E-state index contributed by atoms with van der Waals surface area (Å²) in [5.74, 6) is 0.755. The second kappa shape index (κ2) is 16.8. The van der Waals surface area contributed by atoms with Gasteiger partial charge in [0.15, 0.2) is 0 Å². The Morgan fingerprint density at radius 1 is 0.759 bits per heavy atom. The van der Waals surface area contributed by atoms with E-state index in [1.165, 1.54) is 18.2 Å². The molecule has 1 aliphatic rings. The van der Waals surface area contributed by atoms with Gasteiger partial charge in [-0.25, -0.2) is 0 Å². The fraction of sp³-hybridized carbons (Fsp3) is 0.280. The average molecular weight is 794 g/mol. The van der Waals surface area contributed by atoms with Crippen molar-refractivity contribution >= 4 is 5.69 Å². The number of hydrogen-bond donors (Lipinski definition) is 0. The van der Waals surface area contributed by atoms with Crippen molar-refractivity contribution < 1.29 is 31.1 Å². The summed E-state index contributed by atoms with van der Waals surface area (Å²) in [6, 6.07) is 34.9. The number of benzene rings is 5. The molecule has 0 fully saturated rings. The quantitative estimate of drug-likeness (QED) is 0.0870. The molecule has 8 heteroatoms. The third kappa shape index (κ3) is 9.28. The second-order valence-corrected chi connectivity index (χ2v) is 15.9. The van der Waals surface area contributed by atoms with Gasteiger partial charge >= 0.3 is 12.4 Å². The molecule has 0 aliphatic carbocycles. The van der Waals surface area contributed by atoms with Gasteiger partial charge in [-0.1, -0.05) is 105 Å². The van der Waals surface area contributed by atoms with Crippen molar-refractivity contribution in [2.75, 3.05) is 11.4 Å². The Morgan fingerprint density at radius 2 is 1.34 bits per heavy atom. The molecule has 0 radical (unpaired) electrons. The van der Waals surface area contributed by atoms with Crippen molar-refractivity contribution in [1.82, 2.24) is 0 Å². The highest BCUT2D eigenvalue weighted by molar-refractivity contribution is 5.72. The SMILES string of the molecule is C=C(/C=C/C=C1/N(CCc2ccc(OC(C)C)cc2)c2ccc(C(F)(F)F)cc2C1(C)Cc1ccccc1)C(C)(Cc1ccccc1)c1cc(C(F)(F)F)ccc1C. The highest BCUT2D eigenvalue weighted by atomic mass is 19.4. The van der Waals surface area contributed by atoms with Gasteiger partial charge in [0, 0.05) is 28.8 Å². The third-order valence-electron chi connectivity index (χ3n) is 11.2. The highest BCUT2D eigenvalue weighted by Crippen LogP contribution is 2.51. The maximum absolute atomic E-state index is 14.3. The fourth-order valence-corrected chi connectivity index (χ4v) is 8.13. The number of alkyl halides is 6. The Labute approximate surface area is 338 Å². The van der Waals surface area contributed by atoms with Gasteiger partial charge in [-0.05, 0) is 134 Å². The van der Waals surface area contributed by atoms with Gasteiger partial charge in [0.1, 0.15) is 5.75 Å². The number of hydrogen-bond acceptors (Lipinski definition) is 2. The summed E-state index contributed by atoms with van der Waals surface area (Å²) in [5, 5.41) is 0. The van der Waals surface area contributed by atoms with Crippen LogP contribution in [0.1, 0.15) is 72.2 Å². The lowest BCUT2D eigenvalue weighted by atomic mass is 9.70. The standard InChI is InChI=1S/C50H49F6NO/c1-34(2)58-42-25-21-37(22-26-42)28-29-57-45-27-24-41(50(54,55)56)31-44(45)48(6,33-39-17-11-8-12-18-39)46(57)19-13-14-36(4)47(5,32-38-15-9-7-10-16-38)43-30-40(49(51,52)53)23-20-35(43)3/h7-27,30-31,34H,4,28-29,32-33H2,1-3,5-6H3/b14-13+,46-19+. The average Bonchev–Trinajstić information content (AvgIpc) is 3.39. The van der Waals surface area contributed by atoms with Crippen LogP contribution in [0.25, 0.3) is 0 Å². The second-order valence-electron chi connectivity index (χ2n) is 15.9. The summed E-state index contributed by atoms with van der Waals surface area (Å²) >= 11 is 0. The first-order valence-electron chi connectivity index (χ1n) is 19.5.